The molecule has 3 aromatic rings. The van der Waals surface area contributed by atoms with E-state index in [0.29, 0.717) is 0 Å². The molecule has 0 saturated carbocycles. The van der Waals surface area contributed by atoms with Crippen LogP contribution in [0.3, 0.4) is 0 Å². The minimum absolute atomic E-state index is 0.0164. The summed E-state index contributed by atoms with van der Waals surface area (Å²) >= 11 is 0. The fourth-order valence-electron chi connectivity index (χ4n) is 3.61. The van der Waals surface area contributed by atoms with Gasteiger partial charge in [-0.1, -0.05) is 12.1 Å². The molecule has 0 atom stereocenters. The standard InChI is InChI=1S/C18H21N5O/c1-12-11-13(2)20-17(19-12)22-9-7-14(8-10-22)23-16-6-4-3-5-15(16)21-18(23)24/h3-6,11,14H,7-10H2,1-2H3,(H,21,24). The van der Waals surface area contributed by atoms with E-state index in [1.165, 1.54) is 0 Å². The second kappa shape index (κ2) is 5.78. The van der Waals surface area contributed by atoms with Gasteiger partial charge in [-0.3, -0.25) is 4.57 Å². The number of aromatic amines is 1. The Morgan fingerprint density at radius 1 is 1.08 bits per heavy atom. The van der Waals surface area contributed by atoms with Gasteiger partial charge in [0.25, 0.3) is 0 Å². The predicted molar refractivity (Wildman–Crippen MR) is 94.5 cm³/mol. The number of aromatic nitrogens is 4. The van der Waals surface area contributed by atoms with Gasteiger partial charge < -0.3 is 9.88 Å². The van der Waals surface area contributed by atoms with Crippen molar-refractivity contribution >= 4 is 17.0 Å². The Kier molecular flexibility index (Phi) is 3.59. The summed E-state index contributed by atoms with van der Waals surface area (Å²) in [5.74, 6) is 0.803. The average Bonchev–Trinajstić information content (AvgIpc) is 2.90. The molecule has 6 heteroatoms. The number of imidazole rings is 1. The van der Waals surface area contributed by atoms with Gasteiger partial charge in [-0.2, -0.15) is 0 Å². The molecule has 4 rings (SSSR count). The number of benzene rings is 1. The monoisotopic (exact) mass is 323 g/mol. The molecule has 0 spiro atoms. The van der Waals surface area contributed by atoms with E-state index in [4.69, 9.17) is 0 Å². The normalized spacial score (nSPS) is 16.0. The predicted octanol–water partition coefficient (Wildman–Crippen LogP) is 2.58. The summed E-state index contributed by atoms with van der Waals surface area (Å²) in [4.78, 5) is 26.6. The Balaban J connectivity index is 1.57. The first-order chi connectivity index (χ1) is 11.6. The number of aryl methyl sites for hydroxylation is 2. The van der Waals surface area contributed by atoms with Gasteiger partial charge >= 0.3 is 5.69 Å². The maximum absolute atomic E-state index is 12.3. The number of hydrogen-bond donors (Lipinski definition) is 1. The van der Waals surface area contributed by atoms with Gasteiger partial charge in [-0.05, 0) is 44.9 Å². The van der Waals surface area contributed by atoms with Crippen molar-refractivity contribution in [2.45, 2.75) is 32.7 Å². The molecule has 1 aliphatic heterocycles. The third kappa shape index (κ3) is 2.58. The molecule has 0 aliphatic carbocycles. The Hall–Kier alpha value is -2.63. The number of nitrogens with one attached hydrogen (secondary N) is 1. The van der Waals surface area contributed by atoms with Gasteiger partial charge in [0.2, 0.25) is 5.95 Å². The summed E-state index contributed by atoms with van der Waals surface area (Å²) < 4.78 is 1.91. The lowest BCUT2D eigenvalue weighted by Gasteiger charge is -2.32. The maximum Gasteiger partial charge on any atom is 0.326 e. The first kappa shape index (κ1) is 14.9. The topological polar surface area (TPSA) is 66.8 Å². The first-order valence-corrected chi connectivity index (χ1v) is 8.38. The van der Waals surface area contributed by atoms with Crippen LogP contribution in [-0.4, -0.2) is 32.6 Å². The van der Waals surface area contributed by atoms with Crippen molar-refractivity contribution in [3.63, 3.8) is 0 Å². The zero-order chi connectivity index (χ0) is 16.7. The van der Waals surface area contributed by atoms with Crippen LogP contribution in [0.4, 0.5) is 5.95 Å². The third-order valence-corrected chi connectivity index (χ3v) is 4.71. The summed E-state index contributed by atoms with van der Waals surface area (Å²) in [5.41, 5.74) is 3.86. The molecule has 0 amide bonds. The van der Waals surface area contributed by atoms with E-state index in [-0.39, 0.29) is 11.7 Å². The molecule has 6 nitrogen and oxygen atoms in total. The third-order valence-electron chi connectivity index (χ3n) is 4.71. The Morgan fingerprint density at radius 2 is 1.75 bits per heavy atom. The van der Waals surface area contributed by atoms with Crippen molar-refractivity contribution in [1.29, 1.82) is 0 Å². The van der Waals surface area contributed by atoms with Crippen LogP contribution in [0, 0.1) is 13.8 Å². The fourth-order valence-corrected chi connectivity index (χ4v) is 3.61. The van der Waals surface area contributed by atoms with Crippen LogP contribution >= 0.6 is 0 Å². The number of hydrogen-bond acceptors (Lipinski definition) is 4. The van der Waals surface area contributed by atoms with Crippen molar-refractivity contribution in [2.24, 2.45) is 0 Å². The number of piperidine rings is 1. The lowest BCUT2D eigenvalue weighted by molar-refractivity contribution is 0.393. The number of H-pyrrole nitrogens is 1. The minimum atomic E-state index is -0.0164. The number of rotatable bonds is 2. The van der Waals surface area contributed by atoms with Crippen molar-refractivity contribution < 1.29 is 0 Å². The number of para-hydroxylation sites is 2. The number of nitrogens with zero attached hydrogens (tertiary/aromatic N) is 4. The maximum atomic E-state index is 12.3. The van der Waals surface area contributed by atoms with Gasteiger partial charge in [-0.15, -0.1) is 0 Å². The highest BCUT2D eigenvalue weighted by Gasteiger charge is 2.24. The van der Waals surface area contributed by atoms with Crippen LogP contribution in [-0.2, 0) is 0 Å². The molecule has 1 saturated heterocycles. The lowest BCUT2D eigenvalue weighted by atomic mass is 10.0. The van der Waals surface area contributed by atoms with Gasteiger partial charge in [0, 0.05) is 30.5 Å². The number of fused-ring (bicyclic) bond motifs is 1. The molecule has 1 N–H and O–H groups in total. The zero-order valence-electron chi connectivity index (χ0n) is 14.0. The lowest BCUT2D eigenvalue weighted by Crippen LogP contribution is -2.38. The molecule has 0 unspecified atom stereocenters. The van der Waals surface area contributed by atoms with E-state index in [9.17, 15) is 4.79 Å². The largest absolute Gasteiger partial charge is 0.341 e. The van der Waals surface area contributed by atoms with Crippen LogP contribution in [0.25, 0.3) is 11.0 Å². The van der Waals surface area contributed by atoms with Gasteiger partial charge in [0.05, 0.1) is 11.0 Å². The Bertz CT molecular complexity index is 914. The summed E-state index contributed by atoms with van der Waals surface area (Å²) in [5, 5.41) is 0. The average molecular weight is 323 g/mol. The second-order valence-electron chi connectivity index (χ2n) is 6.49. The van der Waals surface area contributed by atoms with E-state index in [1.54, 1.807) is 0 Å². The smallest absolute Gasteiger partial charge is 0.326 e. The van der Waals surface area contributed by atoms with Crippen LogP contribution < -0.4 is 10.6 Å². The van der Waals surface area contributed by atoms with Gasteiger partial charge in [-0.25, -0.2) is 14.8 Å². The van der Waals surface area contributed by atoms with Crippen molar-refractivity contribution in [1.82, 2.24) is 19.5 Å². The summed E-state index contributed by atoms with van der Waals surface area (Å²) in [6.07, 6.45) is 1.83. The molecule has 24 heavy (non-hydrogen) atoms. The molecular weight excluding hydrogens is 302 g/mol. The van der Waals surface area contributed by atoms with E-state index < -0.39 is 0 Å². The van der Waals surface area contributed by atoms with Crippen LogP contribution in [0.15, 0.2) is 35.1 Å². The molecule has 0 bridgehead atoms. The Morgan fingerprint density at radius 3 is 2.46 bits per heavy atom. The van der Waals surface area contributed by atoms with E-state index in [2.05, 4.69) is 19.9 Å². The molecular formula is C18H21N5O. The van der Waals surface area contributed by atoms with Crippen LogP contribution in [0.1, 0.15) is 30.3 Å². The van der Waals surface area contributed by atoms with Crippen molar-refractivity contribution in [2.75, 3.05) is 18.0 Å². The van der Waals surface area contributed by atoms with Crippen LogP contribution in [0.2, 0.25) is 0 Å². The number of anilines is 1. The van der Waals surface area contributed by atoms with Crippen LogP contribution in [0.5, 0.6) is 0 Å². The summed E-state index contributed by atoms with van der Waals surface area (Å²) in [7, 11) is 0. The highest BCUT2D eigenvalue weighted by Crippen LogP contribution is 2.26. The molecule has 1 aromatic carbocycles. The van der Waals surface area contributed by atoms with Gasteiger partial charge in [0.15, 0.2) is 0 Å². The molecule has 124 valence electrons. The molecule has 0 radical (unpaired) electrons. The van der Waals surface area contributed by atoms with E-state index in [0.717, 1.165) is 54.3 Å². The quantitative estimate of drug-likeness (QED) is 0.787. The second-order valence-corrected chi connectivity index (χ2v) is 6.49. The summed E-state index contributed by atoms with van der Waals surface area (Å²) in [6, 6.07) is 10.1. The SMILES string of the molecule is Cc1cc(C)nc(N2CCC(n3c(=O)[nH]c4ccccc43)CC2)n1. The highest BCUT2D eigenvalue weighted by molar-refractivity contribution is 5.75. The van der Waals surface area contributed by atoms with E-state index >= 15 is 0 Å². The fraction of sp³-hybridized carbons (Fsp3) is 0.389. The highest BCUT2D eigenvalue weighted by atomic mass is 16.1. The molecule has 3 heterocycles. The molecule has 1 fully saturated rings. The van der Waals surface area contributed by atoms with E-state index in [1.807, 2.05) is 48.7 Å². The van der Waals surface area contributed by atoms with Crippen molar-refractivity contribution in [3.8, 4) is 0 Å². The zero-order valence-corrected chi connectivity index (χ0v) is 14.0. The molecule has 1 aliphatic rings. The van der Waals surface area contributed by atoms with Crippen molar-refractivity contribution in [3.05, 3.63) is 52.2 Å². The first-order valence-electron chi connectivity index (χ1n) is 8.38. The molecule has 2 aromatic heterocycles. The van der Waals surface area contributed by atoms with Gasteiger partial charge in [0.1, 0.15) is 0 Å². The minimum Gasteiger partial charge on any atom is -0.341 e. The summed E-state index contributed by atoms with van der Waals surface area (Å²) in [6.45, 7) is 5.71. The Labute approximate surface area is 140 Å².